The highest BCUT2D eigenvalue weighted by Crippen LogP contribution is 2.39. The van der Waals surface area contributed by atoms with Crippen LogP contribution in [0.2, 0.25) is 0 Å². The van der Waals surface area contributed by atoms with E-state index in [1.54, 1.807) is 11.3 Å². The van der Waals surface area contributed by atoms with Crippen molar-refractivity contribution >= 4 is 29.3 Å². The number of nitrogens with zero attached hydrogens (tertiary/aromatic N) is 1. The van der Waals surface area contributed by atoms with E-state index in [9.17, 15) is 4.79 Å². The summed E-state index contributed by atoms with van der Waals surface area (Å²) in [6.45, 7) is 13.4. The van der Waals surface area contributed by atoms with Crippen molar-refractivity contribution in [1.82, 2.24) is 4.31 Å². The first kappa shape index (κ1) is 16.8. The minimum atomic E-state index is -0.182. The predicted molar refractivity (Wildman–Crippen MR) is 90.9 cm³/mol. The molecule has 1 aromatic rings. The van der Waals surface area contributed by atoms with Gasteiger partial charge in [-0.3, -0.25) is 0 Å². The van der Waals surface area contributed by atoms with Crippen molar-refractivity contribution in [2.24, 2.45) is 5.92 Å². The number of carbonyl (C=O) groups is 1. The molecule has 0 N–H and O–H groups in total. The molecule has 21 heavy (non-hydrogen) atoms. The minimum absolute atomic E-state index is 0.182. The van der Waals surface area contributed by atoms with E-state index in [1.165, 1.54) is 10.4 Å². The highest BCUT2D eigenvalue weighted by atomic mass is 32.2. The van der Waals surface area contributed by atoms with E-state index in [0.29, 0.717) is 12.5 Å². The van der Waals surface area contributed by atoms with Gasteiger partial charge in [0.1, 0.15) is 4.88 Å². The van der Waals surface area contributed by atoms with Gasteiger partial charge in [0.2, 0.25) is 0 Å². The van der Waals surface area contributed by atoms with E-state index in [0.717, 1.165) is 24.4 Å². The van der Waals surface area contributed by atoms with Gasteiger partial charge in [-0.1, -0.05) is 25.8 Å². The van der Waals surface area contributed by atoms with Crippen LogP contribution in [0.15, 0.2) is 6.07 Å². The molecular formula is C16H25NO2S2. The van der Waals surface area contributed by atoms with Crippen LogP contribution in [-0.4, -0.2) is 28.2 Å². The Bertz CT molecular complexity index is 508. The zero-order valence-corrected chi connectivity index (χ0v) is 15.2. The Balaban J connectivity index is 2.05. The van der Waals surface area contributed by atoms with Crippen molar-refractivity contribution in [3.8, 4) is 0 Å². The van der Waals surface area contributed by atoms with Gasteiger partial charge in [0.05, 0.1) is 6.61 Å². The first-order valence-corrected chi connectivity index (χ1v) is 9.15. The lowest BCUT2D eigenvalue weighted by atomic mass is 10.00. The van der Waals surface area contributed by atoms with Crippen LogP contribution in [0.5, 0.6) is 0 Å². The van der Waals surface area contributed by atoms with Gasteiger partial charge in [0.25, 0.3) is 0 Å². The second kappa shape index (κ2) is 6.71. The summed E-state index contributed by atoms with van der Waals surface area (Å²) in [5.41, 5.74) is 1.29. The SMILES string of the molecule is CCOC(=O)c1cc2c(s1)CCN(SC(C)(C)C(C)C)C2. The van der Waals surface area contributed by atoms with Gasteiger partial charge in [-0.05, 0) is 44.7 Å². The molecule has 118 valence electrons. The third-order valence-electron chi connectivity index (χ3n) is 4.06. The first-order chi connectivity index (χ1) is 9.83. The van der Waals surface area contributed by atoms with Crippen LogP contribution in [0.4, 0.5) is 0 Å². The molecule has 0 fully saturated rings. The number of ether oxygens (including phenoxy) is 1. The average molecular weight is 328 g/mol. The van der Waals surface area contributed by atoms with Crippen molar-refractivity contribution < 1.29 is 9.53 Å². The fourth-order valence-corrected chi connectivity index (χ4v) is 4.45. The van der Waals surface area contributed by atoms with E-state index in [4.69, 9.17) is 4.74 Å². The molecule has 5 heteroatoms. The first-order valence-electron chi connectivity index (χ1n) is 7.56. The van der Waals surface area contributed by atoms with Crippen molar-refractivity contribution in [2.75, 3.05) is 13.2 Å². The second-order valence-corrected chi connectivity index (χ2v) is 9.13. The number of carbonyl (C=O) groups excluding carboxylic acids is 1. The van der Waals surface area contributed by atoms with Crippen LogP contribution in [0.3, 0.4) is 0 Å². The quantitative estimate of drug-likeness (QED) is 0.593. The highest BCUT2D eigenvalue weighted by Gasteiger charge is 2.29. The second-order valence-electron chi connectivity index (χ2n) is 6.24. The van der Waals surface area contributed by atoms with Crippen LogP contribution in [0.25, 0.3) is 0 Å². The van der Waals surface area contributed by atoms with Crippen molar-refractivity contribution in [3.05, 3.63) is 21.4 Å². The zero-order chi connectivity index (χ0) is 15.6. The van der Waals surface area contributed by atoms with Crippen molar-refractivity contribution in [2.45, 2.75) is 52.3 Å². The third-order valence-corrected chi connectivity index (χ3v) is 6.79. The molecule has 0 aromatic carbocycles. The Labute approximate surface area is 136 Å². The molecule has 0 saturated carbocycles. The molecular weight excluding hydrogens is 302 g/mol. The number of hydrogen-bond donors (Lipinski definition) is 0. The van der Waals surface area contributed by atoms with Gasteiger partial charge in [-0.15, -0.1) is 11.3 Å². The molecule has 0 atom stereocenters. The molecule has 0 bridgehead atoms. The fourth-order valence-electron chi connectivity index (χ4n) is 2.13. The molecule has 2 rings (SSSR count). The molecule has 0 unspecified atom stereocenters. The third kappa shape index (κ3) is 4.02. The van der Waals surface area contributed by atoms with Crippen LogP contribution in [0.1, 0.15) is 54.7 Å². The summed E-state index contributed by atoms with van der Waals surface area (Å²) in [4.78, 5) is 13.9. The molecule has 1 aliphatic rings. The summed E-state index contributed by atoms with van der Waals surface area (Å²) in [5, 5.41) is 0. The molecule has 1 aromatic heterocycles. The van der Waals surface area contributed by atoms with E-state index in [1.807, 2.05) is 24.9 Å². The highest BCUT2D eigenvalue weighted by molar-refractivity contribution is 7.98. The summed E-state index contributed by atoms with van der Waals surface area (Å²) in [7, 11) is 0. The maximum Gasteiger partial charge on any atom is 0.348 e. The van der Waals surface area contributed by atoms with Gasteiger partial charge in [-0.25, -0.2) is 9.10 Å². The summed E-state index contributed by atoms with van der Waals surface area (Å²) < 4.78 is 7.77. The van der Waals surface area contributed by atoms with E-state index in [2.05, 4.69) is 32.0 Å². The molecule has 1 aliphatic heterocycles. The largest absolute Gasteiger partial charge is 0.462 e. The van der Waals surface area contributed by atoms with Gasteiger partial charge >= 0.3 is 5.97 Å². The summed E-state index contributed by atoms with van der Waals surface area (Å²) in [6, 6.07) is 2.02. The van der Waals surface area contributed by atoms with Gasteiger partial charge < -0.3 is 4.74 Å². The van der Waals surface area contributed by atoms with E-state index < -0.39 is 0 Å². The Morgan fingerprint density at radius 3 is 2.86 bits per heavy atom. The standard InChI is InChI=1S/C16H25NO2S2/c1-6-19-15(18)14-9-12-10-17(8-7-13(12)20-14)21-16(4,5)11(2)3/h9,11H,6-8,10H2,1-5H3. The molecule has 3 nitrogen and oxygen atoms in total. The summed E-state index contributed by atoms with van der Waals surface area (Å²) in [6.07, 6.45) is 1.03. The summed E-state index contributed by atoms with van der Waals surface area (Å²) in [5.74, 6) is 0.445. The Morgan fingerprint density at radius 1 is 1.52 bits per heavy atom. The Hall–Kier alpha value is -0.520. The normalized spacial score (nSPS) is 16.1. The number of hydrogen-bond acceptors (Lipinski definition) is 5. The maximum atomic E-state index is 11.8. The van der Waals surface area contributed by atoms with E-state index >= 15 is 0 Å². The lowest BCUT2D eigenvalue weighted by Crippen LogP contribution is -2.32. The molecule has 0 saturated heterocycles. The van der Waals surface area contributed by atoms with Gasteiger partial charge in [0.15, 0.2) is 0 Å². The lowest BCUT2D eigenvalue weighted by molar-refractivity contribution is 0.0532. The number of fused-ring (bicyclic) bond motifs is 1. The fraction of sp³-hybridized carbons (Fsp3) is 0.688. The predicted octanol–water partition coefficient (Wildman–Crippen LogP) is 4.37. The van der Waals surface area contributed by atoms with Crippen LogP contribution in [0, 0.1) is 5.92 Å². The van der Waals surface area contributed by atoms with Gasteiger partial charge in [0, 0.05) is 22.7 Å². The molecule has 0 radical (unpaired) electrons. The number of esters is 1. The smallest absolute Gasteiger partial charge is 0.348 e. The van der Waals surface area contributed by atoms with Gasteiger partial charge in [-0.2, -0.15) is 0 Å². The lowest BCUT2D eigenvalue weighted by Gasteiger charge is -2.36. The topological polar surface area (TPSA) is 29.5 Å². The minimum Gasteiger partial charge on any atom is -0.462 e. The maximum absolute atomic E-state index is 11.8. The molecule has 0 amide bonds. The summed E-state index contributed by atoms with van der Waals surface area (Å²) >= 11 is 3.54. The molecule has 0 aliphatic carbocycles. The monoisotopic (exact) mass is 327 g/mol. The number of thiophene rings is 1. The Morgan fingerprint density at radius 2 is 2.24 bits per heavy atom. The molecule has 0 spiro atoms. The molecule has 2 heterocycles. The van der Waals surface area contributed by atoms with Crippen molar-refractivity contribution in [3.63, 3.8) is 0 Å². The van der Waals surface area contributed by atoms with Crippen LogP contribution in [-0.2, 0) is 17.7 Å². The number of rotatable bonds is 5. The van der Waals surface area contributed by atoms with Crippen LogP contribution >= 0.6 is 23.3 Å². The Kier molecular flexibility index (Phi) is 5.38. The van der Waals surface area contributed by atoms with Crippen LogP contribution < -0.4 is 0 Å². The van der Waals surface area contributed by atoms with E-state index in [-0.39, 0.29) is 10.7 Å². The zero-order valence-electron chi connectivity index (χ0n) is 13.6. The average Bonchev–Trinajstić information content (AvgIpc) is 2.81. The van der Waals surface area contributed by atoms with Crippen molar-refractivity contribution in [1.29, 1.82) is 0 Å².